The van der Waals surface area contributed by atoms with Crippen molar-refractivity contribution in [3.63, 3.8) is 0 Å². The van der Waals surface area contributed by atoms with Crippen LogP contribution in [-0.2, 0) is 26.2 Å². The number of benzene rings is 3. The lowest BCUT2D eigenvalue weighted by Gasteiger charge is -2.26. The third-order valence-electron chi connectivity index (χ3n) is 9.60. The number of carbonyl (C=O) groups excluding carboxylic acids is 3. The van der Waals surface area contributed by atoms with Crippen molar-refractivity contribution in [2.45, 2.75) is 52.3 Å². The zero-order valence-electron chi connectivity index (χ0n) is 29.3. The van der Waals surface area contributed by atoms with Crippen LogP contribution in [0.15, 0.2) is 131 Å². The van der Waals surface area contributed by atoms with E-state index in [-0.39, 0.29) is 29.1 Å². The normalized spacial score (nSPS) is 18.2. The number of pyridine rings is 1. The van der Waals surface area contributed by atoms with Crippen LogP contribution in [0.5, 0.6) is 11.5 Å². The van der Waals surface area contributed by atoms with Crippen molar-refractivity contribution in [2.75, 3.05) is 13.1 Å². The first-order chi connectivity index (χ1) is 26.5. The zero-order valence-corrected chi connectivity index (χ0v) is 31.0. The monoisotopic (exact) mass is 779 g/mol. The highest BCUT2D eigenvalue weighted by molar-refractivity contribution is 7.99. The molecule has 2 N–H and O–H groups in total. The molecule has 55 heavy (non-hydrogen) atoms. The van der Waals surface area contributed by atoms with E-state index in [1.165, 1.54) is 57.4 Å². The minimum Gasteiger partial charge on any atom is -0.455 e. The minimum atomic E-state index is -4.13. The Morgan fingerprint density at radius 2 is 1.76 bits per heavy atom. The van der Waals surface area contributed by atoms with Crippen LogP contribution in [0, 0.1) is 0 Å². The molecule has 0 radical (unpaired) electrons. The van der Waals surface area contributed by atoms with Crippen LogP contribution >= 0.6 is 11.8 Å². The van der Waals surface area contributed by atoms with Gasteiger partial charge in [0, 0.05) is 42.2 Å². The number of rotatable bonds is 10. The van der Waals surface area contributed by atoms with Gasteiger partial charge in [0.1, 0.15) is 23.2 Å². The Bertz CT molecular complexity index is 2550. The number of hydrogen-bond acceptors (Lipinski definition) is 9. The highest BCUT2D eigenvalue weighted by Gasteiger charge is 2.50. The molecule has 0 bridgehead atoms. The van der Waals surface area contributed by atoms with Gasteiger partial charge in [0.2, 0.25) is 11.8 Å². The third-order valence-corrected chi connectivity index (χ3v) is 12.5. The average Bonchev–Trinajstić information content (AvgIpc) is 3.94. The van der Waals surface area contributed by atoms with Gasteiger partial charge in [-0.2, -0.15) is 0 Å². The maximum absolute atomic E-state index is 16.6. The number of halogens is 1. The first kappa shape index (κ1) is 36.0. The van der Waals surface area contributed by atoms with E-state index in [2.05, 4.69) is 20.6 Å². The number of aromatic nitrogens is 4. The molecule has 0 saturated carbocycles. The molecule has 1 saturated heterocycles. The van der Waals surface area contributed by atoms with E-state index in [4.69, 9.17) is 4.74 Å². The van der Waals surface area contributed by atoms with Gasteiger partial charge < -0.3 is 24.8 Å². The summed E-state index contributed by atoms with van der Waals surface area (Å²) in [5, 5.41) is 5.99. The summed E-state index contributed by atoms with van der Waals surface area (Å²) >= 11 is 1.52. The van der Waals surface area contributed by atoms with E-state index in [0.29, 0.717) is 22.4 Å². The Morgan fingerprint density at radius 3 is 2.56 bits per heavy atom. The number of ether oxygens (including phenoxy) is 1. The quantitative estimate of drug-likeness (QED) is 0.187. The number of imidazole rings is 1. The summed E-state index contributed by atoms with van der Waals surface area (Å²) < 4.78 is 53.3. The molecule has 280 valence electrons. The van der Waals surface area contributed by atoms with Gasteiger partial charge in [0.05, 0.1) is 57.9 Å². The molecule has 16 heteroatoms. The van der Waals surface area contributed by atoms with Gasteiger partial charge in [-0.15, -0.1) is 0 Å². The van der Waals surface area contributed by atoms with Gasteiger partial charge in [-0.3, -0.25) is 19.4 Å². The molecule has 13 nitrogen and oxygen atoms in total. The van der Waals surface area contributed by atoms with Crippen molar-refractivity contribution in [3.05, 3.63) is 127 Å². The minimum absolute atomic E-state index is 0.0487. The maximum Gasteiger partial charge on any atom is 0.268 e. The van der Waals surface area contributed by atoms with Crippen LogP contribution < -0.4 is 15.4 Å². The van der Waals surface area contributed by atoms with Gasteiger partial charge >= 0.3 is 0 Å². The molecule has 1 fully saturated rings. The summed E-state index contributed by atoms with van der Waals surface area (Å²) in [6.07, 6.45) is 7.20. The Morgan fingerprint density at radius 1 is 0.982 bits per heavy atom. The molecule has 6 aromatic rings. The Labute approximate surface area is 319 Å². The number of amides is 3. The van der Waals surface area contributed by atoms with Crippen molar-refractivity contribution in [1.82, 2.24) is 34.0 Å². The van der Waals surface area contributed by atoms with Crippen LogP contribution in [0.3, 0.4) is 0 Å². The number of para-hydroxylation sites is 1. The van der Waals surface area contributed by atoms with E-state index in [0.717, 1.165) is 14.7 Å². The number of carbonyl (C=O) groups is 3. The van der Waals surface area contributed by atoms with Gasteiger partial charge in [-0.1, -0.05) is 42.1 Å². The number of nitrogens with one attached hydrogen (secondary N) is 2. The summed E-state index contributed by atoms with van der Waals surface area (Å²) in [6.45, 7) is 0.510. The molecule has 1 unspecified atom stereocenters. The highest BCUT2D eigenvalue weighted by Crippen LogP contribution is 2.47. The summed E-state index contributed by atoms with van der Waals surface area (Å²) in [4.78, 5) is 52.2. The molecule has 2 aliphatic heterocycles. The third kappa shape index (κ3) is 7.05. The fraction of sp³-hybridized carbons (Fsp3) is 0.205. The summed E-state index contributed by atoms with van der Waals surface area (Å²) in [5.41, 5.74) is -1.16. The lowest BCUT2D eigenvalue weighted by molar-refractivity contribution is -0.138. The highest BCUT2D eigenvalue weighted by atomic mass is 32.2. The second-order valence-electron chi connectivity index (χ2n) is 13.4. The Kier molecular flexibility index (Phi) is 9.38. The van der Waals surface area contributed by atoms with E-state index in [9.17, 15) is 22.8 Å². The van der Waals surface area contributed by atoms with Crippen molar-refractivity contribution in [1.29, 1.82) is 0 Å². The van der Waals surface area contributed by atoms with Gasteiger partial charge in [0.25, 0.3) is 15.9 Å². The molecule has 3 aromatic heterocycles. The summed E-state index contributed by atoms with van der Waals surface area (Å²) in [5.74, 6) is -0.737. The number of nitrogens with zero attached hydrogens (tertiary/aromatic N) is 5. The molecule has 0 spiro atoms. The fourth-order valence-electron chi connectivity index (χ4n) is 6.99. The second kappa shape index (κ2) is 14.3. The Balaban J connectivity index is 1.02. The number of hydrogen-bond donors (Lipinski definition) is 2. The topological polar surface area (TPSA) is 158 Å². The Hall–Kier alpha value is -6.00. The standard InChI is InChI=1S/C39H34FN7O6S2/c1-25(30-17-27-20-41-14-13-29(27)47(30)55(51,52)28-7-3-2-4-8-28)44-38(50)31-19-39(40,22-45-16-15-42-24-45)23-46(31)36(48)21-43-37(49)26-11-12-35-33(18-26)53-32-9-5-6-10-34(32)54-35/h2-18,20,24-25,31H,19,21-23H2,1H3,(H,43,49)(H,44,50)/t25?,31-,39-/m0/s1. The molecule has 3 amide bonds. The van der Waals surface area contributed by atoms with Gasteiger partial charge in [0.15, 0.2) is 0 Å². The van der Waals surface area contributed by atoms with Crippen LogP contribution in [0.4, 0.5) is 4.39 Å². The SMILES string of the molecule is CC(NC(=O)[C@@H]1C[C@](F)(Cn2ccnc2)CN1C(=O)CNC(=O)c1ccc2c(c1)Oc1ccccc1S2)c1cc2cnccc2n1S(=O)(=O)c1ccccc1. The van der Waals surface area contributed by atoms with E-state index in [1.807, 2.05) is 24.3 Å². The number of fused-ring (bicyclic) bond motifs is 3. The van der Waals surface area contributed by atoms with E-state index >= 15 is 4.39 Å². The number of alkyl halides is 1. The van der Waals surface area contributed by atoms with Crippen molar-refractivity contribution in [2.24, 2.45) is 0 Å². The van der Waals surface area contributed by atoms with Crippen LogP contribution in [0.1, 0.15) is 35.4 Å². The number of likely N-dealkylation sites (tertiary alicyclic amines) is 1. The smallest absolute Gasteiger partial charge is 0.268 e. The lowest BCUT2D eigenvalue weighted by Crippen LogP contribution is -2.49. The maximum atomic E-state index is 16.6. The first-order valence-electron chi connectivity index (χ1n) is 17.4. The molecular weight excluding hydrogens is 746 g/mol. The zero-order chi connectivity index (χ0) is 38.3. The predicted molar refractivity (Wildman–Crippen MR) is 201 cm³/mol. The van der Waals surface area contributed by atoms with E-state index < -0.39 is 58.6 Å². The fourth-order valence-corrected chi connectivity index (χ4v) is 9.54. The van der Waals surface area contributed by atoms with Crippen LogP contribution in [0.2, 0.25) is 0 Å². The molecular formula is C39H34FN7O6S2. The van der Waals surface area contributed by atoms with Crippen molar-refractivity contribution < 1.29 is 31.9 Å². The van der Waals surface area contributed by atoms with E-state index in [1.54, 1.807) is 61.7 Å². The average molecular weight is 780 g/mol. The summed E-state index contributed by atoms with van der Waals surface area (Å²) in [7, 11) is -4.13. The van der Waals surface area contributed by atoms with Gasteiger partial charge in [-0.25, -0.2) is 21.8 Å². The molecule has 0 aliphatic carbocycles. The molecule has 3 aromatic carbocycles. The van der Waals surface area contributed by atoms with Gasteiger partial charge in [-0.05, 0) is 61.5 Å². The van der Waals surface area contributed by atoms with Crippen LogP contribution in [-0.4, -0.2) is 74.3 Å². The van der Waals surface area contributed by atoms with Crippen molar-refractivity contribution in [3.8, 4) is 11.5 Å². The molecule has 3 atom stereocenters. The predicted octanol–water partition coefficient (Wildman–Crippen LogP) is 5.34. The first-order valence-corrected chi connectivity index (χ1v) is 19.6. The lowest BCUT2D eigenvalue weighted by atomic mass is 10.0. The largest absolute Gasteiger partial charge is 0.455 e. The summed E-state index contributed by atoms with van der Waals surface area (Å²) in [6, 6.07) is 21.5. The molecule has 2 aliphatic rings. The molecule has 5 heterocycles. The molecule has 8 rings (SSSR count). The second-order valence-corrected chi connectivity index (χ2v) is 16.3. The van der Waals surface area contributed by atoms with Crippen molar-refractivity contribution >= 4 is 50.4 Å². The van der Waals surface area contributed by atoms with Crippen LogP contribution in [0.25, 0.3) is 10.9 Å².